The molecule has 0 unspecified atom stereocenters. The fourth-order valence-corrected chi connectivity index (χ4v) is 1.84. The molecule has 2 rings (SSSR count). The molecule has 1 heterocycles. The summed E-state index contributed by atoms with van der Waals surface area (Å²) in [4.78, 5) is 4.43. The summed E-state index contributed by atoms with van der Waals surface area (Å²) in [5.74, 6) is 0.813. The van der Waals surface area contributed by atoms with Crippen LogP contribution in [0.5, 0.6) is 5.75 Å². The summed E-state index contributed by atoms with van der Waals surface area (Å²) in [5, 5.41) is 0.998. The highest BCUT2D eigenvalue weighted by Gasteiger charge is 2.05. The van der Waals surface area contributed by atoms with Crippen molar-refractivity contribution in [3.8, 4) is 5.75 Å². The van der Waals surface area contributed by atoms with Crippen molar-refractivity contribution >= 4 is 26.8 Å². The third-order valence-corrected chi connectivity index (χ3v) is 2.71. The SMILES string of the molecule is COc1cc(CN)nc2cc(Br)ccc12. The Hall–Kier alpha value is -1.13. The van der Waals surface area contributed by atoms with Gasteiger partial charge in [0, 0.05) is 22.5 Å². The van der Waals surface area contributed by atoms with Crippen molar-refractivity contribution in [3.05, 3.63) is 34.4 Å². The van der Waals surface area contributed by atoms with Gasteiger partial charge in [0.2, 0.25) is 0 Å². The van der Waals surface area contributed by atoms with Crippen molar-refractivity contribution in [2.75, 3.05) is 7.11 Å². The fourth-order valence-electron chi connectivity index (χ4n) is 1.50. The number of rotatable bonds is 2. The molecule has 0 aliphatic rings. The Morgan fingerprint density at radius 2 is 2.20 bits per heavy atom. The molecule has 1 aromatic carbocycles. The minimum Gasteiger partial charge on any atom is -0.496 e. The van der Waals surface area contributed by atoms with Crippen LogP contribution in [-0.4, -0.2) is 12.1 Å². The molecule has 2 aromatic rings. The molecular formula is C11H11BrN2O. The van der Waals surface area contributed by atoms with Crippen LogP contribution in [0.15, 0.2) is 28.7 Å². The molecule has 3 nitrogen and oxygen atoms in total. The molecule has 0 aliphatic heterocycles. The van der Waals surface area contributed by atoms with Gasteiger partial charge >= 0.3 is 0 Å². The van der Waals surface area contributed by atoms with Crippen LogP contribution in [0.2, 0.25) is 0 Å². The molecule has 0 atom stereocenters. The largest absolute Gasteiger partial charge is 0.496 e. The number of hydrogen-bond acceptors (Lipinski definition) is 3. The molecule has 0 fully saturated rings. The number of aromatic nitrogens is 1. The molecule has 2 N–H and O–H groups in total. The van der Waals surface area contributed by atoms with Crippen LogP contribution >= 0.6 is 15.9 Å². The first-order valence-electron chi connectivity index (χ1n) is 4.58. The number of methoxy groups -OCH3 is 1. The summed E-state index contributed by atoms with van der Waals surface area (Å²) >= 11 is 3.41. The third-order valence-electron chi connectivity index (χ3n) is 2.22. The second-order valence-corrected chi connectivity index (χ2v) is 4.10. The van der Waals surface area contributed by atoms with E-state index >= 15 is 0 Å². The summed E-state index contributed by atoms with van der Waals surface area (Å²) in [7, 11) is 1.65. The highest BCUT2D eigenvalue weighted by molar-refractivity contribution is 9.10. The predicted molar refractivity (Wildman–Crippen MR) is 63.9 cm³/mol. The van der Waals surface area contributed by atoms with E-state index in [1.807, 2.05) is 24.3 Å². The molecule has 0 aliphatic carbocycles. The molecule has 78 valence electrons. The lowest BCUT2D eigenvalue weighted by molar-refractivity contribution is 0.419. The maximum Gasteiger partial charge on any atom is 0.130 e. The van der Waals surface area contributed by atoms with Crippen LogP contribution in [-0.2, 0) is 6.54 Å². The number of nitrogens with zero attached hydrogens (tertiary/aromatic N) is 1. The van der Waals surface area contributed by atoms with Gasteiger partial charge in [-0.3, -0.25) is 4.98 Å². The van der Waals surface area contributed by atoms with E-state index in [1.165, 1.54) is 0 Å². The van der Waals surface area contributed by atoms with Gasteiger partial charge in [-0.25, -0.2) is 0 Å². The van der Waals surface area contributed by atoms with Gasteiger partial charge in [-0.1, -0.05) is 15.9 Å². The van der Waals surface area contributed by atoms with Crippen molar-refractivity contribution in [1.29, 1.82) is 0 Å². The number of ether oxygens (including phenoxy) is 1. The molecule has 0 saturated heterocycles. The molecule has 0 spiro atoms. The van der Waals surface area contributed by atoms with Crippen LogP contribution in [0, 0.1) is 0 Å². The minimum atomic E-state index is 0.415. The number of fused-ring (bicyclic) bond motifs is 1. The van der Waals surface area contributed by atoms with Crippen molar-refractivity contribution in [1.82, 2.24) is 4.98 Å². The monoisotopic (exact) mass is 266 g/mol. The van der Waals surface area contributed by atoms with Crippen LogP contribution in [0.1, 0.15) is 5.69 Å². The summed E-state index contributed by atoms with van der Waals surface area (Å²) in [6.07, 6.45) is 0. The minimum absolute atomic E-state index is 0.415. The van der Waals surface area contributed by atoms with E-state index in [0.29, 0.717) is 6.54 Å². The average Bonchev–Trinajstić information content (AvgIpc) is 2.26. The Labute approximate surface area is 96.4 Å². The van der Waals surface area contributed by atoms with Gasteiger partial charge < -0.3 is 10.5 Å². The molecule has 0 bridgehead atoms. The van der Waals surface area contributed by atoms with E-state index < -0.39 is 0 Å². The van der Waals surface area contributed by atoms with Crippen LogP contribution in [0.3, 0.4) is 0 Å². The lowest BCUT2D eigenvalue weighted by Crippen LogP contribution is -2.00. The number of nitrogens with two attached hydrogens (primary N) is 1. The van der Waals surface area contributed by atoms with E-state index in [1.54, 1.807) is 7.11 Å². The van der Waals surface area contributed by atoms with Gasteiger partial charge in [-0.05, 0) is 18.2 Å². The van der Waals surface area contributed by atoms with Crippen molar-refractivity contribution < 1.29 is 4.74 Å². The third kappa shape index (κ3) is 1.96. The summed E-state index contributed by atoms with van der Waals surface area (Å²) < 4.78 is 6.30. The van der Waals surface area contributed by atoms with E-state index in [9.17, 15) is 0 Å². The van der Waals surface area contributed by atoms with Crippen LogP contribution in [0.4, 0.5) is 0 Å². The predicted octanol–water partition coefficient (Wildman–Crippen LogP) is 2.46. The zero-order valence-corrected chi connectivity index (χ0v) is 9.91. The average molecular weight is 267 g/mol. The van der Waals surface area contributed by atoms with Gasteiger partial charge in [-0.15, -0.1) is 0 Å². The number of halogens is 1. The lowest BCUT2D eigenvalue weighted by Gasteiger charge is -2.07. The van der Waals surface area contributed by atoms with Crippen molar-refractivity contribution in [2.45, 2.75) is 6.54 Å². The smallest absolute Gasteiger partial charge is 0.130 e. The molecule has 0 saturated carbocycles. The van der Waals surface area contributed by atoms with E-state index in [-0.39, 0.29) is 0 Å². The quantitative estimate of drug-likeness (QED) is 0.909. The number of hydrogen-bond donors (Lipinski definition) is 1. The summed E-state index contributed by atoms with van der Waals surface area (Å²) in [6.45, 7) is 0.415. The van der Waals surface area contributed by atoms with Gasteiger partial charge in [0.1, 0.15) is 5.75 Å². The van der Waals surface area contributed by atoms with Crippen molar-refractivity contribution in [3.63, 3.8) is 0 Å². The van der Waals surface area contributed by atoms with Gasteiger partial charge in [0.05, 0.1) is 18.3 Å². The fraction of sp³-hybridized carbons (Fsp3) is 0.182. The second kappa shape index (κ2) is 4.16. The number of benzene rings is 1. The zero-order valence-electron chi connectivity index (χ0n) is 8.33. The Balaban J connectivity index is 2.74. The Kier molecular flexibility index (Phi) is 2.88. The first-order valence-corrected chi connectivity index (χ1v) is 5.37. The van der Waals surface area contributed by atoms with Gasteiger partial charge in [0.25, 0.3) is 0 Å². The molecule has 1 aromatic heterocycles. The Bertz CT molecular complexity index is 499. The molecular weight excluding hydrogens is 256 g/mol. The first kappa shape index (κ1) is 10.4. The van der Waals surface area contributed by atoms with E-state index in [2.05, 4.69) is 20.9 Å². The lowest BCUT2D eigenvalue weighted by atomic mass is 10.2. The zero-order chi connectivity index (χ0) is 10.8. The van der Waals surface area contributed by atoms with E-state index in [0.717, 1.165) is 26.8 Å². The normalized spacial score (nSPS) is 10.6. The molecule has 4 heteroatoms. The summed E-state index contributed by atoms with van der Waals surface area (Å²) in [6, 6.07) is 7.77. The maximum atomic E-state index is 5.57. The second-order valence-electron chi connectivity index (χ2n) is 3.18. The first-order chi connectivity index (χ1) is 7.24. The highest BCUT2D eigenvalue weighted by Crippen LogP contribution is 2.27. The summed E-state index contributed by atoms with van der Waals surface area (Å²) in [5.41, 5.74) is 7.30. The maximum absolute atomic E-state index is 5.57. The van der Waals surface area contributed by atoms with Crippen LogP contribution in [0.25, 0.3) is 10.9 Å². The molecule has 0 amide bonds. The Morgan fingerprint density at radius 3 is 2.87 bits per heavy atom. The topological polar surface area (TPSA) is 48.1 Å². The highest BCUT2D eigenvalue weighted by atomic mass is 79.9. The van der Waals surface area contributed by atoms with Crippen LogP contribution < -0.4 is 10.5 Å². The molecule has 0 radical (unpaired) electrons. The van der Waals surface area contributed by atoms with E-state index in [4.69, 9.17) is 10.5 Å². The molecule has 15 heavy (non-hydrogen) atoms. The number of pyridine rings is 1. The standard InChI is InChI=1S/C11H11BrN2O/c1-15-11-5-8(6-13)14-10-4-7(12)2-3-9(10)11/h2-5H,6,13H2,1H3. The van der Waals surface area contributed by atoms with Gasteiger partial charge in [-0.2, -0.15) is 0 Å². The van der Waals surface area contributed by atoms with Crippen molar-refractivity contribution in [2.24, 2.45) is 5.73 Å². The van der Waals surface area contributed by atoms with Gasteiger partial charge in [0.15, 0.2) is 0 Å². The Morgan fingerprint density at radius 1 is 1.40 bits per heavy atom.